The van der Waals surface area contributed by atoms with Crippen molar-refractivity contribution < 1.29 is 9.53 Å². The van der Waals surface area contributed by atoms with Gasteiger partial charge in [-0.2, -0.15) is 5.26 Å². The topological polar surface area (TPSA) is 88.1 Å². The van der Waals surface area contributed by atoms with E-state index in [1.54, 1.807) is 12.1 Å². The van der Waals surface area contributed by atoms with E-state index in [9.17, 15) is 4.79 Å². The first-order valence-corrected chi connectivity index (χ1v) is 3.82. The van der Waals surface area contributed by atoms with Crippen LogP contribution in [0, 0.1) is 11.3 Å². The average molecular weight is 191 g/mol. The highest BCUT2D eigenvalue weighted by molar-refractivity contribution is 5.89. The number of benzene rings is 1. The highest BCUT2D eigenvalue weighted by Crippen LogP contribution is 2.19. The molecule has 1 rings (SSSR count). The zero-order valence-corrected chi connectivity index (χ0v) is 7.57. The first-order chi connectivity index (χ1) is 6.67. The first-order valence-electron chi connectivity index (χ1n) is 3.82. The molecule has 1 amide bonds. The van der Waals surface area contributed by atoms with Gasteiger partial charge >= 0.3 is 6.09 Å². The molecule has 0 atom stereocenters. The minimum absolute atomic E-state index is 0.328. The molecule has 1 aromatic carbocycles. The number of nitriles is 1. The summed E-state index contributed by atoms with van der Waals surface area (Å²) in [5, 5.41) is 11.0. The number of anilines is 2. The van der Waals surface area contributed by atoms with E-state index >= 15 is 0 Å². The molecule has 0 aliphatic rings. The highest BCUT2D eigenvalue weighted by Gasteiger charge is 2.04. The van der Waals surface area contributed by atoms with Crippen LogP contribution in [0.5, 0.6) is 0 Å². The van der Waals surface area contributed by atoms with Gasteiger partial charge in [-0.1, -0.05) is 0 Å². The van der Waals surface area contributed by atoms with Crippen molar-refractivity contribution in [3.05, 3.63) is 23.8 Å². The quantitative estimate of drug-likeness (QED) is 0.655. The Balaban J connectivity index is 2.90. The van der Waals surface area contributed by atoms with Gasteiger partial charge in [0, 0.05) is 0 Å². The number of amides is 1. The summed E-state index contributed by atoms with van der Waals surface area (Å²) in [6.07, 6.45) is -0.596. The lowest BCUT2D eigenvalue weighted by atomic mass is 10.2. The Morgan fingerprint density at radius 3 is 2.86 bits per heavy atom. The molecule has 0 unspecified atom stereocenters. The summed E-state index contributed by atoms with van der Waals surface area (Å²) >= 11 is 0. The zero-order valence-electron chi connectivity index (χ0n) is 7.57. The lowest BCUT2D eigenvalue weighted by molar-refractivity contribution is 0.187. The second kappa shape index (κ2) is 4.14. The van der Waals surface area contributed by atoms with Gasteiger partial charge in [0.1, 0.15) is 0 Å². The summed E-state index contributed by atoms with van der Waals surface area (Å²) in [6.45, 7) is 0. The van der Waals surface area contributed by atoms with Crippen molar-refractivity contribution in [2.75, 3.05) is 18.2 Å². The number of methoxy groups -OCH3 is 1. The Morgan fingerprint density at radius 1 is 1.64 bits per heavy atom. The van der Waals surface area contributed by atoms with Crippen LogP contribution in [0.15, 0.2) is 18.2 Å². The van der Waals surface area contributed by atoms with Crippen molar-refractivity contribution in [3.8, 4) is 6.07 Å². The molecule has 0 radical (unpaired) electrons. The Bertz CT molecular complexity index is 396. The molecule has 5 nitrogen and oxygen atoms in total. The fourth-order valence-electron chi connectivity index (χ4n) is 0.907. The van der Waals surface area contributed by atoms with Gasteiger partial charge < -0.3 is 10.5 Å². The molecule has 0 bridgehead atoms. The summed E-state index contributed by atoms with van der Waals surface area (Å²) in [6, 6.07) is 6.52. The summed E-state index contributed by atoms with van der Waals surface area (Å²) in [5.74, 6) is 0. The number of carbonyl (C=O) groups excluding carboxylic acids is 1. The van der Waals surface area contributed by atoms with Crippen LogP contribution in [0.25, 0.3) is 0 Å². The lowest BCUT2D eigenvalue weighted by Gasteiger charge is -2.06. The van der Waals surface area contributed by atoms with Gasteiger partial charge in [0.2, 0.25) is 0 Å². The molecular weight excluding hydrogens is 182 g/mol. The molecule has 3 N–H and O–H groups in total. The van der Waals surface area contributed by atoms with Crippen LogP contribution in [0.2, 0.25) is 0 Å². The second-order valence-electron chi connectivity index (χ2n) is 2.53. The SMILES string of the molecule is COC(=O)Nc1ccc(C#N)cc1N. The van der Waals surface area contributed by atoms with Crippen LogP contribution in [0.1, 0.15) is 5.56 Å². The largest absolute Gasteiger partial charge is 0.453 e. The average Bonchev–Trinajstić information content (AvgIpc) is 2.20. The van der Waals surface area contributed by atoms with E-state index in [1.807, 2.05) is 6.07 Å². The molecule has 0 aliphatic heterocycles. The smallest absolute Gasteiger partial charge is 0.411 e. The van der Waals surface area contributed by atoms with Crippen molar-refractivity contribution >= 4 is 17.5 Å². The fourth-order valence-corrected chi connectivity index (χ4v) is 0.907. The van der Waals surface area contributed by atoms with Gasteiger partial charge in [-0.3, -0.25) is 5.32 Å². The maximum absolute atomic E-state index is 10.8. The number of nitrogen functional groups attached to an aromatic ring is 1. The Hall–Kier alpha value is -2.22. The van der Waals surface area contributed by atoms with Gasteiger partial charge in [-0.05, 0) is 18.2 Å². The van der Waals surface area contributed by atoms with Crippen LogP contribution in [-0.2, 0) is 4.74 Å². The third-order valence-corrected chi connectivity index (χ3v) is 1.60. The normalized spacial score (nSPS) is 8.86. The van der Waals surface area contributed by atoms with E-state index in [-0.39, 0.29) is 0 Å². The molecule has 0 heterocycles. The molecular formula is C9H9N3O2. The standard InChI is InChI=1S/C9H9N3O2/c1-14-9(13)12-8-3-2-6(5-10)4-7(8)11/h2-4H,11H2,1H3,(H,12,13). The number of carbonyl (C=O) groups is 1. The van der Waals surface area contributed by atoms with E-state index in [1.165, 1.54) is 13.2 Å². The van der Waals surface area contributed by atoms with Gasteiger partial charge in [0.25, 0.3) is 0 Å². The number of nitrogens with two attached hydrogens (primary N) is 1. The van der Waals surface area contributed by atoms with Gasteiger partial charge in [0.15, 0.2) is 0 Å². The third-order valence-electron chi connectivity index (χ3n) is 1.60. The van der Waals surface area contributed by atoms with Gasteiger partial charge in [0.05, 0.1) is 30.1 Å². The van der Waals surface area contributed by atoms with Gasteiger partial charge in [-0.25, -0.2) is 4.79 Å². The number of ether oxygens (including phenoxy) is 1. The molecule has 0 aliphatic carbocycles. The molecule has 72 valence electrons. The fraction of sp³-hybridized carbons (Fsp3) is 0.111. The van der Waals surface area contributed by atoms with E-state index in [2.05, 4.69) is 10.1 Å². The van der Waals surface area contributed by atoms with Crippen molar-refractivity contribution in [2.45, 2.75) is 0 Å². The van der Waals surface area contributed by atoms with Gasteiger partial charge in [-0.15, -0.1) is 0 Å². The summed E-state index contributed by atoms with van der Waals surface area (Å²) < 4.78 is 4.40. The molecule has 0 saturated carbocycles. The van der Waals surface area contributed by atoms with E-state index in [0.717, 1.165) is 0 Å². The van der Waals surface area contributed by atoms with Crippen LogP contribution in [-0.4, -0.2) is 13.2 Å². The summed E-state index contributed by atoms with van der Waals surface area (Å²) in [5.41, 5.74) is 6.78. The van der Waals surface area contributed by atoms with E-state index < -0.39 is 6.09 Å². The molecule has 0 aromatic heterocycles. The van der Waals surface area contributed by atoms with Crippen molar-refractivity contribution in [1.29, 1.82) is 5.26 Å². The minimum Gasteiger partial charge on any atom is -0.453 e. The number of rotatable bonds is 1. The maximum Gasteiger partial charge on any atom is 0.411 e. The van der Waals surface area contributed by atoms with Crippen molar-refractivity contribution in [3.63, 3.8) is 0 Å². The monoisotopic (exact) mass is 191 g/mol. The Morgan fingerprint density at radius 2 is 2.36 bits per heavy atom. The zero-order chi connectivity index (χ0) is 10.6. The van der Waals surface area contributed by atoms with Crippen molar-refractivity contribution in [2.24, 2.45) is 0 Å². The predicted octanol–water partition coefficient (Wildman–Crippen LogP) is 1.32. The Labute approximate surface area is 81.1 Å². The molecule has 1 aromatic rings. The molecule has 14 heavy (non-hydrogen) atoms. The molecule has 0 saturated heterocycles. The number of hydrogen-bond donors (Lipinski definition) is 2. The number of nitrogens with one attached hydrogen (secondary N) is 1. The number of nitrogens with zero attached hydrogens (tertiary/aromatic N) is 1. The second-order valence-corrected chi connectivity index (χ2v) is 2.53. The number of hydrogen-bond acceptors (Lipinski definition) is 4. The van der Waals surface area contributed by atoms with Crippen LogP contribution in [0.3, 0.4) is 0 Å². The highest BCUT2D eigenvalue weighted by atomic mass is 16.5. The van der Waals surface area contributed by atoms with E-state index in [4.69, 9.17) is 11.0 Å². The first kappa shape index (κ1) is 9.86. The predicted molar refractivity (Wildman–Crippen MR) is 51.6 cm³/mol. The van der Waals surface area contributed by atoms with Crippen molar-refractivity contribution in [1.82, 2.24) is 0 Å². The lowest BCUT2D eigenvalue weighted by Crippen LogP contribution is -2.12. The minimum atomic E-state index is -0.596. The molecule has 0 fully saturated rings. The van der Waals surface area contributed by atoms with Crippen LogP contribution < -0.4 is 11.1 Å². The molecule has 5 heteroatoms. The van der Waals surface area contributed by atoms with Crippen LogP contribution >= 0.6 is 0 Å². The molecule has 0 spiro atoms. The van der Waals surface area contributed by atoms with E-state index in [0.29, 0.717) is 16.9 Å². The third kappa shape index (κ3) is 2.14. The summed E-state index contributed by atoms with van der Waals surface area (Å²) in [7, 11) is 1.26. The Kier molecular flexibility index (Phi) is 2.92. The maximum atomic E-state index is 10.8. The van der Waals surface area contributed by atoms with Crippen LogP contribution in [0.4, 0.5) is 16.2 Å². The summed E-state index contributed by atoms with van der Waals surface area (Å²) in [4.78, 5) is 10.8.